The fourth-order valence-corrected chi connectivity index (χ4v) is 3.28. The number of benzene rings is 1. The van der Waals surface area contributed by atoms with Crippen LogP contribution in [0.4, 0.5) is 5.69 Å². The molecule has 1 saturated heterocycles. The van der Waals surface area contributed by atoms with Crippen molar-refractivity contribution in [2.45, 2.75) is 44.7 Å². The van der Waals surface area contributed by atoms with Gasteiger partial charge >= 0.3 is 0 Å². The highest BCUT2D eigenvalue weighted by Gasteiger charge is 2.45. The lowest BCUT2D eigenvalue weighted by molar-refractivity contribution is 0.252. The Morgan fingerprint density at radius 1 is 1.28 bits per heavy atom. The standard InChI is InChI=1S/C16H24N2/c1-3-14-11-17-16(2,13-9-10-13)12-18(14)15-7-5-4-6-8-15/h4-8,13-14,17H,3,9-12H2,1-2H3. The minimum atomic E-state index is 0.321. The van der Waals surface area contributed by atoms with Gasteiger partial charge in [-0.25, -0.2) is 0 Å². The topological polar surface area (TPSA) is 15.3 Å². The number of hydrogen-bond donors (Lipinski definition) is 1. The van der Waals surface area contributed by atoms with Crippen molar-refractivity contribution in [1.29, 1.82) is 0 Å². The summed E-state index contributed by atoms with van der Waals surface area (Å²) in [5.41, 5.74) is 1.71. The van der Waals surface area contributed by atoms with E-state index in [9.17, 15) is 0 Å². The molecule has 1 saturated carbocycles. The first kappa shape index (κ1) is 12.0. The maximum Gasteiger partial charge on any atom is 0.0412 e. The number of para-hydroxylation sites is 1. The molecule has 2 atom stereocenters. The first-order valence-corrected chi connectivity index (χ1v) is 7.29. The van der Waals surface area contributed by atoms with Crippen molar-refractivity contribution in [3.63, 3.8) is 0 Å². The van der Waals surface area contributed by atoms with Crippen LogP contribution in [-0.4, -0.2) is 24.7 Å². The molecule has 3 rings (SSSR count). The summed E-state index contributed by atoms with van der Waals surface area (Å²) >= 11 is 0. The number of anilines is 1. The number of rotatable bonds is 3. The van der Waals surface area contributed by atoms with Crippen LogP contribution >= 0.6 is 0 Å². The normalized spacial score (nSPS) is 32.6. The average Bonchev–Trinajstić information content (AvgIpc) is 3.24. The summed E-state index contributed by atoms with van der Waals surface area (Å²) in [4.78, 5) is 2.62. The Morgan fingerprint density at radius 2 is 2.00 bits per heavy atom. The number of nitrogens with zero attached hydrogens (tertiary/aromatic N) is 1. The lowest BCUT2D eigenvalue weighted by Gasteiger charge is -2.47. The van der Waals surface area contributed by atoms with E-state index < -0.39 is 0 Å². The molecule has 0 spiro atoms. The Morgan fingerprint density at radius 3 is 2.61 bits per heavy atom. The van der Waals surface area contributed by atoms with Gasteiger partial charge in [-0.05, 0) is 44.2 Å². The predicted molar refractivity (Wildman–Crippen MR) is 77.0 cm³/mol. The number of nitrogens with one attached hydrogen (secondary N) is 1. The molecule has 1 aromatic carbocycles. The number of piperazine rings is 1. The summed E-state index contributed by atoms with van der Waals surface area (Å²) in [6, 6.07) is 11.5. The molecule has 98 valence electrons. The van der Waals surface area contributed by atoms with Crippen LogP contribution in [0.15, 0.2) is 30.3 Å². The van der Waals surface area contributed by atoms with E-state index >= 15 is 0 Å². The Balaban J connectivity index is 1.84. The Bertz CT molecular complexity index is 399. The van der Waals surface area contributed by atoms with Crippen molar-refractivity contribution < 1.29 is 0 Å². The summed E-state index contributed by atoms with van der Waals surface area (Å²) in [6.07, 6.45) is 4.02. The van der Waals surface area contributed by atoms with E-state index in [1.807, 2.05) is 0 Å². The summed E-state index contributed by atoms with van der Waals surface area (Å²) in [7, 11) is 0. The Labute approximate surface area is 110 Å². The van der Waals surface area contributed by atoms with Crippen LogP contribution in [0.25, 0.3) is 0 Å². The van der Waals surface area contributed by atoms with Crippen molar-refractivity contribution in [1.82, 2.24) is 5.32 Å². The van der Waals surface area contributed by atoms with Gasteiger partial charge in [0.1, 0.15) is 0 Å². The molecule has 0 aromatic heterocycles. The van der Waals surface area contributed by atoms with Gasteiger partial charge in [0.25, 0.3) is 0 Å². The van der Waals surface area contributed by atoms with Gasteiger partial charge in [-0.2, -0.15) is 0 Å². The minimum Gasteiger partial charge on any atom is -0.365 e. The van der Waals surface area contributed by atoms with Crippen LogP contribution in [0.5, 0.6) is 0 Å². The molecule has 1 aliphatic carbocycles. The molecule has 2 heteroatoms. The first-order valence-electron chi connectivity index (χ1n) is 7.29. The van der Waals surface area contributed by atoms with Crippen molar-refractivity contribution in [3.05, 3.63) is 30.3 Å². The summed E-state index contributed by atoms with van der Waals surface area (Å²) in [6.45, 7) is 6.98. The Hall–Kier alpha value is -1.02. The fourth-order valence-electron chi connectivity index (χ4n) is 3.28. The molecule has 1 aliphatic heterocycles. The van der Waals surface area contributed by atoms with E-state index in [0.29, 0.717) is 11.6 Å². The molecule has 2 nitrogen and oxygen atoms in total. The van der Waals surface area contributed by atoms with Gasteiger partial charge < -0.3 is 10.2 Å². The average molecular weight is 244 g/mol. The van der Waals surface area contributed by atoms with E-state index in [4.69, 9.17) is 0 Å². The van der Waals surface area contributed by atoms with Gasteiger partial charge in [0.2, 0.25) is 0 Å². The molecule has 1 heterocycles. The third kappa shape index (κ3) is 2.14. The van der Waals surface area contributed by atoms with Crippen LogP contribution in [0.1, 0.15) is 33.1 Å². The smallest absolute Gasteiger partial charge is 0.0412 e. The zero-order valence-corrected chi connectivity index (χ0v) is 11.5. The van der Waals surface area contributed by atoms with Crippen molar-refractivity contribution >= 4 is 5.69 Å². The Kier molecular flexibility index (Phi) is 3.06. The lowest BCUT2D eigenvalue weighted by atomic mass is 9.90. The highest BCUT2D eigenvalue weighted by atomic mass is 15.3. The second kappa shape index (κ2) is 4.58. The second-order valence-corrected chi connectivity index (χ2v) is 6.10. The maximum absolute atomic E-state index is 3.82. The van der Waals surface area contributed by atoms with Crippen molar-refractivity contribution in [2.75, 3.05) is 18.0 Å². The van der Waals surface area contributed by atoms with Crippen molar-refractivity contribution in [3.8, 4) is 0 Å². The zero-order valence-electron chi connectivity index (χ0n) is 11.5. The predicted octanol–water partition coefficient (Wildman–Crippen LogP) is 3.04. The molecule has 18 heavy (non-hydrogen) atoms. The fraction of sp³-hybridized carbons (Fsp3) is 0.625. The van der Waals surface area contributed by atoms with Gasteiger partial charge in [0, 0.05) is 30.4 Å². The van der Waals surface area contributed by atoms with Gasteiger partial charge in [-0.15, -0.1) is 0 Å². The van der Waals surface area contributed by atoms with Crippen molar-refractivity contribution in [2.24, 2.45) is 5.92 Å². The molecular formula is C16H24N2. The molecule has 0 radical (unpaired) electrons. The molecule has 0 bridgehead atoms. The van der Waals surface area contributed by atoms with E-state index in [1.165, 1.54) is 24.9 Å². The lowest BCUT2D eigenvalue weighted by Crippen LogP contribution is -2.64. The minimum absolute atomic E-state index is 0.321. The third-order valence-electron chi connectivity index (χ3n) is 4.72. The summed E-state index contributed by atoms with van der Waals surface area (Å²) in [5, 5.41) is 3.82. The van der Waals surface area contributed by atoms with E-state index in [1.54, 1.807) is 0 Å². The summed E-state index contributed by atoms with van der Waals surface area (Å²) < 4.78 is 0. The number of hydrogen-bond acceptors (Lipinski definition) is 2. The molecular weight excluding hydrogens is 220 g/mol. The summed E-state index contributed by atoms with van der Waals surface area (Å²) in [5.74, 6) is 0.890. The zero-order chi connectivity index (χ0) is 12.6. The van der Waals surface area contributed by atoms with Gasteiger partial charge in [0.05, 0.1) is 0 Å². The van der Waals surface area contributed by atoms with E-state index in [2.05, 4.69) is 54.4 Å². The molecule has 2 fully saturated rings. The maximum atomic E-state index is 3.82. The van der Waals surface area contributed by atoms with Gasteiger partial charge in [0.15, 0.2) is 0 Å². The van der Waals surface area contributed by atoms with Gasteiger partial charge in [-0.3, -0.25) is 0 Å². The first-order chi connectivity index (χ1) is 8.73. The molecule has 1 aromatic rings. The largest absolute Gasteiger partial charge is 0.365 e. The second-order valence-electron chi connectivity index (χ2n) is 6.10. The van der Waals surface area contributed by atoms with Crippen LogP contribution in [0.2, 0.25) is 0 Å². The SMILES string of the molecule is CCC1CNC(C)(C2CC2)CN1c1ccccc1. The van der Waals surface area contributed by atoms with E-state index in [0.717, 1.165) is 19.0 Å². The van der Waals surface area contributed by atoms with E-state index in [-0.39, 0.29) is 0 Å². The quantitative estimate of drug-likeness (QED) is 0.879. The van der Waals surface area contributed by atoms with Gasteiger partial charge in [-0.1, -0.05) is 25.1 Å². The van der Waals surface area contributed by atoms with Crippen LogP contribution in [0, 0.1) is 5.92 Å². The van der Waals surface area contributed by atoms with Crippen LogP contribution < -0.4 is 10.2 Å². The molecule has 2 aliphatic rings. The molecule has 2 unspecified atom stereocenters. The highest BCUT2D eigenvalue weighted by Crippen LogP contribution is 2.42. The third-order valence-corrected chi connectivity index (χ3v) is 4.72. The van der Waals surface area contributed by atoms with Crippen LogP contribution in [-0.2, 0) is 0 Å². The van der Waals surface area contributed by atoms with Crippen LogP contribution in [0.3, 0.4) is 0 Å². The molecule has 0 amide bonds. The molecule has 1 N–H and O–H groups in total. The monoisotopic (exact) mass is 244 g/mol. The highest BCUT2D eigenvalue weighted by molar-refractivity contribution is 5.48.